The van der Waals surface area contributed by atoms with Gasteiger partial charge in [-0.25, -0.2) is 0 Å². The number of fused-ring (bicyclic) bond motifs is 5. The minimum absolute atomic E-state index is 0.175. The smallest absolute Gasteiger partial charge is 0.0547 e. The lowest BCUT2D eigenvalue weighted by atomic mass is 9.79. The summed E-state index contributed by atoms with van der Waals surface area (Å²) in [7, 11) is 0. The van der Waals surface area contributed by atoms with Crippen LogP contribution in [0.1, 0.15) is 70.2 Å². The van der Waals surface area contributed by atoms with Crippen molar-refractivity contribution in [3.63, 3.8) is 0 Å². The summed E-state index contributed by atoms with van der Waals surface area (Å²) in [6, 6.07) is 67.1. The molecule has 1 unspecified atom stereocenters. The van der Waals surface area contributed by atoms with Gasteiger partial charge in [-0.2, -0.15) is 0 Å². The fourth-order valence-electron chi connectivity index (χ4n) is 12.0. The molecule has 13 rings (SSSR count). The van der Waals surface area contributed by atoms with Crippen LogP contribution in [0.2, 0.25) is 0 Å². The first-order valence-corrected chi connectivity index (χ1v) is 23.5. The topological polar surface area (TPSA) is 3.24 Å². The van der Waals surface area contributed by atoms with Crippen LogP contribution in [0.3, 0.4) is 0 Å². The fourth-order valence-corrected chi connectivity index (χ4v) is 12.0. The van der Waals surface area contributed by atoms with E-state index in [-0.39, 0.29) is 5.92 Å². The fraction of sp³-hybridized carbons (Fsp3) is 0.125. The molecule has 310 valence electrons. The highest BCUT2D eigenvalue weighted by atomic mass is 15.1. The average molecular weight is 832 g/mol. The van der Waals surface area contributed by atoms with Crippen LogP contribution in [-0.2, 0) is 12.8 Å². The molecule has 1 atom stereocenters. The van der Waals surface area contributed by atoms with Gasteiger partial charge < -0.3 is 4.90 Å². The number of rotatable bonds is 7. The maximum Gasteiger partial charge on any atom is 0.0547 e. The summed E-state index contributed by atoms with van der Waals surface area (Å²) in [5, 5.41) is 7.86. The molecule has 3 aliphatic rings. The first-order valence-electron chi connectivity index (χ1n) is 23.5. The van der Waals surface area contributed by atoms with E-state index in [0.29, 0.717) is 0 Å². The predicted molar refractivity (Wildman–Crippen MR) is 276 cm³/mol. The third-order valence-electron chi connectivity index (χ3n) is 15.0. The number of hydrogen-bond donors (Lipinski definition) is 0. The molecule has 10 aromatic rings. The van der Waals surface area contributed by atoms with Gasteiger partial charge in [0, 0.05) is 28.8 Å². The van der Waals surface area contributed by atoms with Crippen LogP contribution < -0.4 is 4.90 Å². The Balaban J connectivity index is 1.13. The zero-order chi connectivity index (χ0) is 43.3. The molecular weight excluding hydrogens is 783 g/mol. The van der Waals surface area contributed by atoms with Crippen molar-refractivity contribution in [2.45, 2.75) is 52.4 Å². The van der Waals surface area contributed by atoms with Crippen LogP contribution in [0.4, 0.5) is 17.1 Å². The van der Waals surface area contributed by atoms with E-state index in [9.17, 15) is 0 Å². The lowest BCUT2D eigenvalue weighted by molar-refractivity contribution is 0.912. The zero-order valence-electron chi connectivity index (χ0n) is 37.3. The normalized spacial score (nSPS) is 14.3. The molecule has 65 heavy (non-hydrogen) atoms. The third-order valence-corrected chi connectivity index (χ3v) is 15.0. The molecule has 0 amide bonds. The Kier molecular flexibility index (Phi) is 8.65. The van der Waals surface area contributed by atoms with E-state index in [1.807, 2.05) is 0 Å². The van der Waals surface area contributed by atoms with E-state index < -0.39 is 0 Å². The quantitative estimate of drug-likeness (QED) is 0.145. The van der Waals surface area contributed by atoms with Crippen LogP contribution in [0.25, 0.3) is 71.3 Å². The second kappa shape index (κ2) is 14.8. The van der Waals surface area contributed by atoms with E-state index in [4.69, 9.17) is 0 Å². The van der Waals surface area contributed by atoms with Crippen molar-refractivity contribution in [3.05, 3.63) is 238 Å². The third kappa shape index (κ3) is 5.92. The van der Waals surface area contributed by atoms with Gasteiger partial charge in [-0.05, 0) is 163 Å². The Morgan fingerprint density at radius 1 is 0.462 bits per heavy atom. The van der Waals surface area contributed by atoms with E-state index in [1.54, 1.807) is 5.57 Å². The molecule has 0 bridgehead atoms. The highest BCUT2D eigenvalue weighted by Gasteiger charge is 2.30. The van der Waals surface area contributed by atoms with Gasteiger partial charge in [0.1, 0.15) is 0 Å². The Morgan fingerprint density at radius 2 is 1.11 bits per heavy atom. The number of allylic oxidation sites excluding steroid dienone is 4. The summed E-state index contributed by atoms with van der Waals surface area (Å²) < 4.78 is 0. The SMILES string of the molecule is Cc1cccc(-c2cc(C(C)c3cccc4c3CC3=C4CCC=C3)c3ccc4c(-c5cccc(C)c5)cc(N(c5ccccc5)c5cccc6c5Cc5ccccc5-6)c5ccc2c3c45)c1. The summed E-state index contributed by atoms with van der Waals surface area (Å²) in [6.45, 7) is 6.90. The maximum atomic E-state index is 2.57. The van der Waals surface area contributed by atoms with Crippen LogP contribution in [-0.4, -0.2) is 0 Å². The van der Waals surface area contributed by atoms with Gasteiger partial charge >= 0.3 is 0 Å². The number of benzene rings is 10. The summed E-state index contributed by atoms with van der Waals surface area (Å²) in [4.78, 5) is 2.57. The van der Waals surface area contributed by atoms with Crippen molar-refractivity contribution in [1.29, 1.82) is 0 Å². The Bertz CT molecular complexity index is 3640. The maximum absolute atomic E-state index is 2.57. The van der Waals surface area contributed by atoms with Gasteiger partial charge in [0.2, 0.25) is 0 Å². The number of aryl methyl sites for hydroxylation is 2. The highest BCUT2D eigenvalue weighted by Crippen LogP contribution is 2.53. The monoisotopic (exact) mass is 831 g/mol. The van der Waals surface area contributed by atoms with Crippen molar-refractivity contribution in [2.24, 2.45) is 0 Å². The molecule has 0 saturated heterocycles. The first kappa shape index (κ1) is 38.0. The standard InChI is InChI=1S/C64H49N/c1-39-15-11-19-42(33-39)57-37-56(41(3)47-25-13-26-50-48-23-9-7-17-44(48)35-59(47)50)52-29-30-54-58(43-20-12-16-40(2)34-43)38-62(55-32-31-53(57)63(52)64(54)55)65(46-21-5-4-6-22-46)61-28-14-27-51-49-24-10-8-18-45(49)36-60(51)61/h4-8,10-22,24-34,37-38,41H,9,23,35-36H2,1-3H3. The number of anilines is 3. The largest absolute Gasteiger partial charge is 0.310 e. The van der Waals surface area contributed by atoms with E-state index >= 15 is 0 Å². The Labute approximate surface area is 382 Å². The average Bonchev–Trinajstić information content (AvgIpc) is 3.93. The molecule has 1 heteroatoms. The van der Waals surface area contributed by atoms with Gasteiger partial charge in [-0.3, -0.25) is 0 Å². The molecule has 3 aliphatic carbocycles. The van der Waals surface area contributed by atoms with Gasteiger partial charge in [0.25, 0.3) is 0 Å². The summed E-state index contributed by atoms with van der Waals surface area (Å²) in [6.07, 6.45) is 8.94. The zero-order valence-corrected chi connectivity index (χ0v) is 37.3. The molecule has 0 spiro atoms. The van der Waals surface area contributed by atoms with E-state index in [1.165, 1.54) is 127 Å². The van der Waals surface area contributed by atoms with Crippen molar-refractivity contribution in [1.82, 2.24) is 0 Å². The second-order valence-corrected chi connectivity index (χ2v) is 18.8. The predicted octanol–water partition coefficient (Wildman–Crippen LogP) is 17.4. The molecule has 0 heterocycles. The van der Waals surface area contributed by atoms with Crippen LogP contribution in [0, 0.1) is 13.8 Å². The molecule has 0 aliphatic heterocycles. The molecule has 1 nitrogen and oxygen atoms in total. The van der Waals surface area contributed by atoms with Crippen LogP contribution in [0.5, 0.6) is 0 Å². The van der Waals surface area contributed by atoms with Gasteiger partial charge in [0.05, 0.1) is 11.4 Å². The minimum Gasteiger partial charge on any atom is -0.310 e. The van der Waals surface area contributed by atoms with E-state index in [0.717, 1.165) is 31.4 Å². The van der Waals surface area contributed by atoms with Crippen molar-refractivity contribution in [3.8, 4) is 33.4 Å². The molecular formula is C64H49N. The Morgan fingerprint density at radius 3 is 1.89 bits per heavy atom. The van der Waals surface area contributed by atoms with Gasteiger partial charge in [-0.1, -0.05) is 176 Å². The number of para-hydroxylation sites is 1. The molecule has 0 N–H and O–H groups in total. The highest BCUT2D eigenvalue weighted by molar-refractivity contribution is 6.31. The van der Waals surface area contributed by atoms with Crippen molar-refractivity contribution >= 4 is 55.0 Å². The molecule has 0 aromatic heterocycles. The van der Waals surface area contributed by atoms with Crippen molar-refractivity contribution < 1.29 is 0 Å². The van der Waals surface area contributed by atoms with Crippen LogP contribution >= 0.6 is 0 Å². The second-order valence-electron chi connectivity index (χ2n) is 18.8. The molecule has 0 radical (unpaired) electrons. The molecule has 0 saturated carbocycles. The Hall–Kier alpha value is -7.48. The first-order chi connectivity index (χ1) is 32.0. The number of nitrogens with zero attached hydrogens (tertiary/aromatic N) is 1. The van der Waals surface area contributed by atoms with Gasteiger partial charge in [0.15, 0.2) is 0 Å². The number of hydrogen-bond acceptors (Lipinski definition) is 1. The summed E-state index contributed by atoms with van der Waals surface area (Å²) >= 11 is 0. The lowest BCUT2D eigenvalue weighted by Crippen LogP contribution is -2.13. The van der Waals surface area contributed by atoms with Gasteiger partial charge in [-0.15, -0.1) is 0 Å². The molecule has 0 fully saturated rings. The lowest BCUT2D eigenvalue weighted by Gasteiger charge is -2.31. The summed E-state index contributed by atoms with van der Waals surface area (Å²) in [5.74, 6) is 0.175. The summed E-state index contributed by atoms with van der Waals surface area (Å²) in [5.41, 5.74) is 25.5. The van der Waals surface area contributed by atoms with Crippen LogP contribution in [0.15, 0.2) is 194 Å². The molecule has 10 aromatic carbocycles. The van der Waals surface area contributed by atoms with Crippen molar-refractivity contribution in [2.75, 3.05) is 4.90 Å². The van der Waals surface area contributed by atoms with E-state index in [2.05, 4.69) is 214 Å². The minimum atomic E-state index is 0.175.